The smallest absolute Gasteiger partial charge is 0.0502 e. The van der Waals surface area contributed by atoms with Gasteiger partial charge < -0.3 is 5.11 Å². The fourth-order valence-corrected chi connectivity index (χ4v) is 2.01. The molecule has 1 aromatic carbocycles. The zero-order chi connectivity index (χ0) is 12.1. The van der Waals surface area contributed by atoms with Gasteiger partial charge in [-0.05, 0) is 29.4 Å². The first-order chi connectivity index (χ1) is 7.60. The minimum atomic E-state index is 0.236. The quantitative estimate of drug-likeness (QED) is 0.797. The van der Waals surface area contributed by atoms with Gasteiger partial charge in [-0.3, -0.25) is 0 Å². The molecule has 90 valence electrons. The largest absolute Gasteiger partial charge is 0.396 e. The van der Waals surface area contributed by atoms with Gasteiger partial charge in [-0.1, -0.05) is 52.0 Å². The van der Waals surface area contributed by atoms with Crippen molar-refractivity contribution in [2.24, 2.45) is 5.92 Å². The van der Waals surface area contributed by atoms with E-state index in [1.165, 1.54) is 17.5 Å². The summed E-state index contributed by atoms with van der Waals surface area (Å²) in [5.41, 5.74) is 2.65. The van der Waals surface area contributed by atoms with Gasteiger partial charge in [0, 0.05) is 5.92 Å². The molecule has 0 aromatic heterocycles. The van der Waals surface area contributed by atoms with Crippen LogP contribution >= 0.6 is 0 Å². The van der Waals surface area contributed by atoms with Gasteiger partial charge in [0.25, 0.3) is 0 Å². The summed E-state index contributed by atoms with van der Waals surface area (Å²) >= 11 is 0. The first kappa shape index (κ1) is 13.2. The lowest BCUT2D eigenvalue weighted by molar-refractivity contribution is 0.237. The molecular weight excluding hydrogens is 196 g/mol. The van der Waals surface area contributed by atoms with Crippen LogP contribution in [0.2, 0.25) is 0 Å². The summed E-state index contributed by atoms with van der Waals surface area (Å²) in [7, 11) is 0. The summed E-state index contributed by atoms with van der Waals surface area (Å²) in [5.74, 6) is 1.38. The first-order valence-electron chi connectivity index (χ1n) is 6.30. The third-order valence-electron chi connectivity index (χ3n) is 3.55. The molecule has 0 bridgehead atoms. The molecule has 0 saturated carbocycles. The second-order valence-corrected chi connectivity index (χ2v) is 5.01. The number of aliphatic hydroxyl groups excluding tert-OH is 1. The zero-order valence-corrected chi connectivity index (χ0v) is 10.9. The lowest BCUT2D eigenvalue weighted by Crippen LogP contribution is -2.11. The van der Waals surface area contributed by atoms with Gasteiger partial charge in [0.15, 0.2) is 0 Å². The highest BCUT2D eigenvalue weighted by molar-refractivity contribution is 5.27. The molecule has 0 fully saturated rings. The number of rotatable bonds is 5. The van der Waals surface area contributed by atoms with E-state index in [0.29, 0.717) is 11.8 Å². The van der Waals surface area contributed by atoms with Gasteiger partial charge in [0.2, 0.25) is 0 Å². The molecule has 1 aromatic rings. The molecule has 0 radical (unpaired) electrons. The standard InChI is InChI=1S/C15H24O/c1-5-12(4)13-6-8-14(9-7-13)15(10-16)11(2)3/h6-9,11-12,15-16H,5,10H2,1-4H3. The van der Waals surface area contributed by atoms with Crippen LogP contribution in [-0.2, 0) is 0 Å². The predicted octanol–water partition coefficient (Wildman–Crippen LogP) is 3.93. The van der Waals surface area contributed by atoms with Gasteiger partial charge in [-0.25, -0.2) is 0 Å². The molecule has 2 atom stereocenters. The van der Waals surface area contributed by atoms with Crippen molar-refractivity contribution < 1.29 is 5.11 Å². The van der Waals surface area contributed by atoms with Gasteiger partial charge in [0.05, 0.1) is 6.61 Å². The summed E-state index contributed by atoms with van der Waals surface area (Å²) in [6, 6.07) is 8.74. The molecule has 0 aliphatic rings. The Morgan fingerprint density at radius 3 is 1.88 bits per heavy atom. The van der Waals surface area contributed by atoms with E-state index in [4.69, 9.17) is 0 Å². The Morgan fingerprint density at radius 1 is 1.00 bits per heavy atom. The van der Waals surface area contributed by atoms with E-state index in [2.05, 4.69) is 52.0 Å². The van der Waals surface area contributed by atoms with E-state index in [0.717, 1.165) is 0 Å². The van der Waals surface area contributed by atoms with Crippen molar-refractivity contribution in [3.63, 3.8) is 0 Å². The summed E-state index contributed by atoms with van der Waals surface area (Å²) in [6.07, 6.45) is 1.17. The maximum absolute atomic E-state index is 9.37. The van der Waals surface area contributed by atoms with Gasteiger partial charge in [0.1, 0.15) is 0 Å². The minimum absolute atomic E-state index is 0.236. The Kier molecular flexibility index (Phi) is 5.01. The maximum atomic E-state index is 9.37. The minimum Gasteiger partial charge on any atom is -0.396 e. The fraction of sp³-hybridized carbons (Fsp3) is 0.600. The van der Waals surface area contributed by atoms with Crippen LogP contribution < -0.4 is 0 Å². The Bertz CT molecular complexity index is 300. The van der Waals surface area contributed by atoms with Gasteiger partial charge >= 0.3 is 0 Å². The van der Waals surface area contributed by atoms with Crippen LogP contribution in [0.25, 0.3) is 0 Å². The Morgan fingerprint density at radius 2 is 1.50 bits per heavy atom. The molecule has 0 aliphatic heterocycles. The van der Waals surface area contributed by atoms with E-state index in [1.807, 2.05) is 0 Å². The Hall–Kier alpha value is -0.820. The number of hydrogen-bond donors (Lipinski definition) is 1. The van der Waals surface area contributed by atoms with Crippen molar-refractivity contribution >= 4 is 0 Å². The van der Waals surface area contributed by atoms with Crippen LogP contribution in [0.3, 0.4) is 0 Å². The van der Waals surface area contributed by atoms with Crippen LogP contribution in [0.15, 0.2) is 24.3 Å². The maximum Gasteiger partial charge on any atom is 0.0502 e. The highest BCUT2D eigenvalue weighted by Gasteiger charge is 2.14. The molecule has 2 unspecified atom stereocenters. The van der Waals surface area contributed by atoms with Crippen molar-refractivity contribution in [2.45, 2.75) is 46.0 Å². The summed E-state index contributed by atoms with van der Waals surface area (Å²) in [6.45, 7) is 9.01. The Balaban J connectivity index is 2.85. The van der Waals surface area contributed by atoms with Crippen LogP contribution in [0.5, 0.6) is 0 Å². The highest BCUT2D eigenvalue weighted by atomic mass is 16.3. The van der Waals surface area contributed by atoms with E-state index in [-0.39, 0.29) is 12.5 Å². The van der Waals surface area contributed by atoms with Crippen molar-refractivity contribution in [3.8, 4) is 0 Å². The van der Waals surface area contributed by atoms with E-state index >= 15 is 0 Å². The zero-order valence-electron chi connectivity index (χ0n) is 10.9. The van der Waals surface area contributed by atoms with E-state index < -0.39 is 0 Å². The van der Waals surface area contributed by atoms with Crippen molar-refractivity contribution in [3.05, 3.63) is 35.4 Å². The van der Waals surface area contributed by atoms with Crippen LogP contribution in [0.1, 0.15) is 57.1 Å². The summed E-state index contributed by atoms with van der Waals surface area (Å²) in [4.78, 5) is 0. The molecular formula is C15H24O. The third kappa shape index (κ3) is 3.08. The number of benzene rings is 1. The summed E-state index contributed by atoms with van der Waals surface area (Å²) < 4.78 is 0. The van der Waals surface area contributed by atoms with Gasteiger partial charge in [-0.2, -0.15) is 0 Å². The molecule has 1 nitrogen and oxygen atoms in total. The molecule has 16 heavy (non-hydrogen) atoms. The monoisotopic (exact) mass is 220 g/mol. The molecule has 0 amide bonds. The van der Waals surface area contributed by atoms with Crippen molar-refractivity contribution in [1.82, 2.24) is 0 Å². The lowest BCUT2D eigenvalue weighted by atomic mass is 9.87. The average Bonchev–Trinajstić information content (AvgIpc) is 2.29. The van der Waals surface area contributed by atoms with Gasteiger partial charge in [-0.15, -0.1) is 0 Å². The molecule has 0 aliphatic carbocycles. The highest BCUT2D eigenvalue weighted by Crippen LogP contribution is 2.26. The third-order valence-corrected chi connectivity index (χ3v) is 3.55. The predicted molar refractivity (Wildman–Crippen MR) is 69.8 cm³/mol. The van der Waals surface area contributed by atoms with Crippen LogP contribution in [0.4, 0.5) is 0 Å². The molecule has 1 heteroatoms. The second kappa shape index (κ2) is 6.05. The normalized spacial score (nSPS) is 15.1. The van der Waals surface area contributed by atoms with E-state index in [1.54, 1.807) is 0 Å². The van der Waals surface area contributed by atoms with Crippen LogP contribution in [0, 0.1) is 5.92 Å². The molecule has 1 N–H and O–H groups in total. The second-order valence-electron chi connectivity index (χ2n) is 5.01. The number of hydrogen-bond acceptors (Lipinski definition) is 1. The summed E-state index contributed by atoms with van der Waals surface area (Å²) in [5, 5.41) is 9.37. The topological polar surface area (TPSA) is 20.2 Å². The lowest BCUT2D eigenvalue weighted by Gasteiger charge is -2.19. The van der Waals surface area contributed by atoms with Crippen LogP contribution in [-0.4, -0.2) is 11.7 Å². The fourth-order valence-electron chi connectivity index (χ4n) is 2.01. The molecule has 0 heterocycles. The van der Waals surface area contributed by atoms with E-state index in [9.17, 15) is 5.11 Å². The SMILES string of the molecule is CCC(C)c1ccc(C(CO)C(C)C)cc1. The average molecular weight is 220 g/mol. The Labute approximate surface area is 99.5 Å². The van der Waals surface area contributed by atoms with Crippen molar-refractivity contribution in [1.29, 1.82) is 0 Å². The molecule has 0 spiro atoms. The molecule has 0 saturated heterocycles. The van der Waals surface area contributed by atoms with Crippen molar-refractivity contribution in [2.75, 3.05) is 6.61 Å². The molecule has 1 rings (SSSR count). The first-order valence-corrected chi connectivity index (χ1v) is 6.30. The number of aliphatic hydroxyl groups is 1.